The molecule has 0 heterocycles. The highest BCUT2D eigenvalue weighted by molar-refractivity contribution is 4.78. The summed E-state index contributed by atoms with van der Waals surface area (Å²) < 4.78 is 0. The SMILES string of the molecule is CCCCCCCCCCCCC(O)CN(CCN(CCNCC(O)C(C)CCCCCCCCCC)CCN(CC(O)CC)CC(O)C(C)CCCCCCCCCC)CC(O)C(C)CCCCCCCCCC. The first-order valence-corrected chi connectivity index (χ1v) is 33.7. The van der Waals surface area contributed by atoms with Crippen LogP contribution in [-0.4, -0.2) is 143 Å². The van der Waals surface area contributed by atoms with Crippen LogP contribution in [0.25, 0.3) is 0 Å². The Bertz CT molecular complexity index is 1120. The third kappa shape index (κ3) is 48.1. The maximum absolute atomic E-state index is 11.7. The van der Waals surface area contributed by atoms with Gasteiger partial charge in [0.05, 0.1) is 30.5 Å². The van der Waals surface area contributed by atoms with Crippen molar-refractivity contribution < 1.29 is 25.5 Å². The Kier molecular flexibility index (Phi) is 55.3. The van der Waals surface area contributed by atoms with Gasteiger partial charge < -0.3 is 30.8 Å². The van der Waals surface area contributed by atoms with Crippen LogP contribution in [0, 0.1) is 17.8 Å². The lowest BCUT2D eigenvalue weighted by Gasteiger charge is -2.34. The normalized spacial score (nSPS) is 15.5. The summed E-state index contributed by atoms with van der Waals surface area (Å²) in [6, 6.07) is 0. The molecule has 0 amide bonds. The number of nitrogens with zero attached hydrogens (tertiary/aromatic N) is 3. The van der Waals surface area contributed by atoms with Gasteiger partial charge in [-0.15, -0.1) is 0 Å². The quantitative estimate of drug-likeness (QED) is 0.0331. The average molecular weight is 1070 g/mol. The molecule has 0 aliphatic rings. The monoisotopic (exact) mass is 1070 g/mol. The molecule has 0 bridgehead atoms. The summed E-state index contributed by atoms with van der Waals surface area (Å²) in [4.78, 5) is 7.15. The zero-order valence-corrected chi connectivity index (χ0v) is 52.1. The number of aliphatic hydroxyl groups excluding tert-OH is 5. The van der Waals surface area contributed by atoms with E-state index in [1.165, 1.54) is 199 Å². The van der Waals surface area contributed by atoms with E-state index in [2.05, 4.69) is 68.5 Å². The van der Waals surface area contributed by atoms with Crippen LogP contribution in [0.1, 0.15) is 306 Å². The number of aliphatic hydroxyl groups is 5. The summed E-state index contributed by atoms with van der Waals surface area (Å²) in [5, 5.41) is 60.6. The topological polar surface area (TPSA) is 123 Å². The molecule has 9 heteroatoms. The third-order valence-electron chi connectivity index (χ3n) is 17.1. The lowest BCUT2D eigenvalue weighted by atomic mass is 9.96. The first-order valence-electron chi connectivity index (χ1n) is 33.7. The molecule has 8 atom stereocenters. The van der Waals surface area contributed by atoms with Crippen molar-refractivity contribution >= 4 is 0 Å². The highest BCUT2D eigenvalue weighted by atomic mass is 16.3. The fraction of sp³-hybridized carbons (Fsp3) is 1.00. The Morgan fingerprint density at radius 3 is 0.907 bits per heavy atom. The molecule has 452 valence electrons. The zero-order valence-electron chi connectivity index (χ0n) is 52.1. The molecular formula is C66H138N4O5. The van der Waals surface area contributed by atoms with Crippen molar-refractivity contribution in [1.82, 2.24) is 20.0 Å². The smallest absolute Gasteiger partial charge is 0.0692 e. The lowest BCUT2D eigenvalue weighted by Crippen LogP contribution is -2.48. The van der Waals surface area contributed by atoms with Crippen LogP contribution in [0.3, 0.4) is 0 Å². The van der Waals surface area contributed by atoms with Crippen molar-refractivity contribution in [1.29, 1.82) is 0 Å². The Hall–Kier alpha value is -0.360. The summed E-state index contributed by atoms with van der Waals surface area (Å²) in [7, 11) is 0. The van der Waals surface area contributed by atoms with Crippen molar-refractivity contribution in [2.45, 2.75) is 336 Å². The second-order valence-corrected chi connectivity index (χ2v) is 24.7. The van der Waals surface area contributed by atoms with E-state index in [9.17, 15) is 25.5 Å². The van der Waals surface area contributed by atoms with Gasteiger partial charge in [-0.2, -0.15) is 0 Å². The van der Waals surface area contributed by atoms with E-state index in [1.54, 1.807) is 0 Å². The van der Waals surface area contributed by atoms with Gasteiger partial charge in [0.25, 0.3) is 0 Å². The van der Waals surface area contributed by atoms with Crippen molar-refractivity contribution in [2.75, 3.05) is 72.0 Å². The number of hydrogen-bond donors (Lipinski definition) is 6. The van der Waals surface area contributed by atoms with Crippen molar-refractivity contribution in [3.63, 3.8) is 0 Å². The van der Waals surface area contributed by atoms with Crippen LogP contribution >= 0.6 is 0 Å². The second-order valence-electron chi connectivity index (χ2n) is 24.7. The maximum atomic E-state index is 11.7. The van der Waals surface area contributed by atoms with Crippen LogP contribution in [-0.2, 0) is 0 Å². The predicted octanol–water partition coefficient (Wildman–Crippen LogP) is 15.5. The average Bonchev–Trinajstić information content (AvgIpc) is 3.40. The molecule has 0 rings (SSSR count). The molecule has 0 aliphatic carbocycles. The molecule has 0 saturated carbocycles. The molecular weight excluding hydrogens is 929 g/mol. The fourth-order valence-corrected chi connectivity index (χ4v) is 11.1. The van der Waals surface area contributed by atoms with E-state index in [-0.39, 0.29) is 23.9 Å². The van der Waals surface area contributed by atoms with Gasteiger partial charge >= 0.3 is 0 Å². The zero-order chi connectivity index (χ0) is 55.4. The van der Waals surface area contributed by atoms with E-state index in [4.69, 9.17) is 0 Å². The first kappa shape index (κ1) is 74.6. The second kappa shape index (κ2) is 55.5. The van der Waals surface area contributed by atoms with E-state index in [0.717, 1.165) is 84.2 Å². The van der Waals surface area contributed by atoms with Gasteiger partial charge in [0.2, 0.25) is 0 Å². The predicted molar refractivity (Wildman–Crippen MR) is 328 cm³/mol. The van der Waals surface area contributed by atoms with Gasteiger partial charge in [0.1, 0.15) is 0 Å². The Morgan fingerprint density at radius 2 is 0.573 bits per heavy atom. The Morgan fingerprint density at radius 1 is 0.293 bits per heavy atom. The van der Waals surface area contributed by atoms with Crippen LogP contribution in [0.15, 0.2) is 0 Å². The van der Waals surface area contributed by atoms with Crippen LogP contribution in [0.5, 0.6) is 0 Å². The molecule has 0 spiro atoms. The largest absolute Gasteiger partial charge is 0.392 e. The maximum Gasteiger partial charge on any atom is 0.0692 e. The molecule has 9 nitrogen and oxygen atoms in total. The molecule has 0 aromatic carbocycles. The van der Waals surface area contributed by atoms with Crippen LogP contribution in [0.2, 0.25) is 0 Å². The number of unbranched alkanes of at least 4 members (excludes halogenated alkanes) is 30. The molecule has 0 saturated heterocycles. The number of nitrogens with one attached hydrogen (secondary N) is 1. The molecule has 0 aromatic heterocycles. The van der Waals surface area contributed by atoms with Gasteiger partial charge in [-0.25, -0.2) is 0 Å². The Labute approximate surface area is 469 Å². The van der Waals surface area contributed by atoms with Crippen LogP contribution < -0.4 is 5.32 Å². The fourth-order valence-electron chi connectivity index (χ4n) is 11.1. The minimum absolute atomic E-state index is 0.208. The molecule has 75 heavy (non-hydrogen) atoms. The summed E-state index contributed by atoms with van der Waals surface area (Å²) in [6.07, 6.45) is 46.5. The minimum atomic E-state index is -0.441. The van der Waals surface area contributed by atoms with Gasteiger partial charge in [-0.05, 0) is 49.9 Å². The molecule has 8 unspecified atom stereocenters. The molecule has 6 N–H and O–H groups in total. The lowest BCUT2D eigenvalue weighted by molar-refractivity contribution is 0.0294. The number of rotatable bonds is 61. The summed E-state index contributed by atoms with van der Waals surface area (Å²) in [6.45, 7) is 25.3. The van der Waals surface area contributed by atoms with E-state index >= 15 is 0 Å². The van der Waals surface area contributed by atoms with E-state index in [0.29, 0.717) is 39.1 Å². The van der Waals surface area contributed by atoms with Crippen molar-refractivity contribution in [3.05, 3.63) is 0 Å². The highest BCUT2D eigenvalue weighted by Crippen LogP contribution is 2.21. The van der Waals surface area contributed by atoms with Gasteiger partial charge in [-0.1, -0.05) is 274 Å². The first-order chi connectivity index (χ1) is 36.4. The van der Waals surface area contributed by atoms with E-state index in [1.807, 2.05) is 6.92 Å². The molecule has 0 aromatic rings. The van der Waals surface area contributed by atoms with E-state index < -0.39 is 24.4 Å². The van der Waals surface area contributed by atoms with Gasteiger partial charge in [0, 0.05) is 72.0 Å². The molecule has 0 radical (unpaired) electrons. The highest BCUT2D eigenvalue weighted by Gasteiger charge is 2.24. The van der Waals surface area contributed by atoms with Gasteiger partial charge in [0.15, 0.2) is 0 Å². The molecule has 0 aliphatic heterocycles. The standard InChI is InChI=1S/C66H138N4O5/c1-9-14-18-22-26-30-31-35-39-43-47-63(72)56-70(58-66(75)61(8)46-42-38-34-29-25-21-17-12-4)53-51-68(49-48-67-54-64(73)59(6)44-40-36-32-27-23-19-15-10-2)50-52-69(55-62(71)13-5)57-65(74)60(7)45-41-37-33-28-24-20-16-11-3/h59-67,71-75H,9-58H2,1-8H3. The van der Waals surface area contributed by atoms with Crippen molar-refractivity contribution in [3.8, 4) is 0 Å². The van der Waals surface area contributed by atoms with Crippen LogP contribution in [0.4, 0.5) is 0 Å². The van der Waals surface area contributed by atoms with Gasteiger partial charge in [-0.3, -0.25) is 14.7 Å². The summed E-state index contributed by atoms with van der Waals surface area (Å²) >= 11 is 0. The van der Waals surface area contributed by atoms with Crippen molar-refractivity contribution in [2.24, 2.45) is 17.8 Å². The summed E-state index contributed by atoms with van der Waals surface area (Å²) in [5.74, 6) is 0.682. The third-order valence-corrected chi connectivity index (χ3v) is 17.1. The summed E-state index contributed by atoms with van der Waals surface area (Å²) in [5.41, 5.74) is 0. The molecule has 0 fully saturated rings. The Balaban J connectivity index is 5.92. The minimum Gasteiger partial charge on any atom is -0.392 e. The number of hydrogen-bond acceptors (Lipinski definition) is 9.